The Bertz CT molecular complexity index is 602. The molecule has 3 rings (SSSR count). The van der Waals surface area contributed by atoms with Gasteiger partial charge in [0.15, 0.2) is 11.6 Å². The van der Waals surface area contributed by atoms with Crippen LogP contribution in [0.1, 0.15) is 44.1 Å². The summed E-state index contributed by atoms with van der Waals surface area (Å²) in [5.41, 5.74) is 0.204. The lowest BCUT2D eigenvalue weighted by molar-refractivity contribution is -0.276. The highest BCUT2D eigenvalue weighted by atomic mass is 19.4. The number of hydrogen-bond acceptors (Lipinski definition) is 2. The van der Waals surface area contributed by atoms with Gasteiger partial charge in [0.1, 0.15) is 0 Å². The fraction of sp³-hybridized carbons (Fsp3) is 0.556. The molecule has 24 heavy (non-hydrogen) atoms. The van der Waals surface area contributed by atoms with Gasteiger partial charge < -0.3 is 9.47 Å². The van der Waals surface area contributed by atoms with Crippen LogP contribution in [0.5, 0.6) is 11.5 Å². The third-order valence-corrected chi connectivity index (χ3v) is 4.32. The number of ether oxygens (including phenoxy) is 2. The Morgan fingerprint density at radius 1 is 1.12 bits per heavy atom. The molecule has 2 aliphatic rings. The summed E-state index contributed by atoms with van der Waals surface area (Å²) in [5.74, 6) is -1.41. The van der Waals surface area contributed by atoms with Crippen molar-refractivity contribution in [2.24, 2.45) is 5.92 Å². The summed E-state index contributed by atoms with van der Waals surface area (Å²) in [6.07, 6.45) is 5.03. The Labute approximate surface area is 138 Å². The van der Waals surface area contributed by atoms with E-state index in [4.69, 9.17) is 4.74 Å². The SMILES string of the molecule is Fc1c(CC/C=C/C2CCC2)ccc(OC2CC2)c1OC(F)(F)F. The van der Waals surface area contributed by atoms with Crippen molar-refractivity contribution in [1.82, 2.24) is 0 Å². The molecule has 1 aromatic carbocycles. The molecule has 1 aromatic rings. The second kappa shape index (κ2) is 7.03. The number of aryl methyl sites for hydroxylation is 1. The van der Waals surface area contributed by atoms with E-state index < -0.39 is 17.9 Å². The first kappa shape index (κ1) is 17.1. The molecule has 0 aromatic heterocycles. The van der Waals surface area contributed by atoms with Gasteiger partial charge in [0, 0.05) is 0 Å². The number of benzene rings is 1. The topological polar surface area (TPSA) is 18.5 Å². The molecule has 2 saturated carbocycles. The van der Waals surface area contributed by atoms with Gasteiger partial charge in [-0.3, -0.25) is 0 Å². The second-order valence-electron chi connectivity index (χ2n) is 6.39. The van der Waals surface area contributed by atoms with Crippen LogP contribution in [0.4, 0.5) is 17.6 Å². The van der Waals surface area contributed by atoms with Crippen molar-refractivity contribution in [2.75, 3.05) is 0 Å². The molecule has 2 aliphatic carbocycles. The van der Waals surface area contributed by atoms with E-state index in [1.807, 2.05) is 6.08 Å². The fourth-order valence-corrected chi connectivity index (χ4v) is 2.60. The molecule has 0 bridgehead atoms. The highest BCUT2D eigenvalue weighted by molar-refractivity contribution is 5.45. The van der Waals surface area contributed by atoms with Crippen molar-refractivity contribution in [3.8, 4) is 11.5 Å². The molecule has 2 nitrogen and oxygen atoms in total. The number of allylic oxidation sites excluding steroid dienone is 2. The molecule has 0 amide bonds. The summed E-state index contributed by atoms with van der Waals surface area (Å²) in [7, 11) is 0. The van der Waals surface area contributed by atoms with Crippen LogP contribution in [0, 0.1) is 11.7 Å². The first-order chi connectivity index (χ1) is 11.4. The van der Waals surface area contributed by atoms with E-state index in [0.717, 1.165) is 12.8 Å². The quantitative estimate of drug-likeness (QED) is 0.477. The van der Waals surface area contributed by atoms with Crippen molar-refractivity contribution in [2.45, 2.75) is 57.4 Å². The van der Waals surface area contributed by atoms with Crippen LogP contribution in [0.25, 0.3) is 0 Å². The van der Waals surface area contributed by atoms with Crippen LogP contribution in [0.15, 0.2) is 24.3 Å². The van der Waals surface area contributed by atoms with E-state index in [0.29, 0.717) is 18.8 Å². The number of rotatable bonds is 7. The smallest absolute Gasteiger partial charge is 0.486 e. The Morgan fingerprint density at radius 2 is 1.88 bits per heavy atom. The lowest BCUT2D eigenvalue weighted by Crippen LogP contribution is -2.19. The van der Waals surface area contributed by atoms with Crippen LogP contribution >= 0.6 is 0 Å². The summed E-state index contributed by atoms with van der Waals surface area (Å²) in [4.78, 5) is 0. The van der Waals surface area contributed by atoms with Gasteiger partial charge in [-0.15, -0.1) is 13.2 Å². The summed E-state index contributed by atoms with van der Waals surface area (Å²) in [5, 5.41) is 0. The predicted octanol–water partition coefficient (Wildman–Crippen LogP) is 5.55. The van der Waals surface area contributed by atoms with Crippen molar-refractivity contribution in [3.63, 3.8) is 0 Å². The monoisotopic (exact) mass is 344 g/mol. The van der Waals surface area contributed by atoms with Gasteiger partial charge >= 0.3 is 6.36 Å². The van der Waals surface area contributed by atoms with Gasteiger partial charge in [0.25, 0.3) is 0 Å². The molecule has 0 aliphatic heterocycles. The van der Waals surface area contributed by atoms with E-state index in [-0.39, 0.29) is 17.4 Å². The van der Waals surface area contributed by atoms with Crippen LogP contribution in [0.2, 0.25) is 0 Å². The molecule has 0 N–H and O–H groups in total. The summed E-state index contributed by atoms with van der Waals surface area (Å²) in [6, 6.07) is 2.85. The van der Waals surface area contributed by atoms with Gasteiger partial charge in [0.05, 0.1) is 6.10 Å². The average Bonchev–Trinajstić information content (AvgIpc) is 3.25. The maximum absolute atomic E-state index is 14.5. The largest absolute Gasteiger partial charge is 0.573 e. The first-order valence-electron chi connectivity index (χ1n) is 8.33. The van der Waals surface area contributed by atoms with Crippen molar-refractivity contribution in [3.05, 3.63) is 35.7 Å². The lowest BCUT2D eigenvalue weighted by atomic mass is 9.85. The molecule has 0 saturated heterocycles. The molecule has 0 unspecified atom stereocenters. The van der Waals surface area contributed by atoms with Gasteiger partial charge in [-0.2, -0.15) is 0 Å². The Hall–Kier alpha value is -1.72. The van der Waals surface area contributed by atoms with Crippen LogP contribution in [0.3, 0.4) is 0 Å². The van der Waals surface area contributed by atoms with Gasteiger partial charge in [-0.1, -0.05) is 24.6 Å². The van der Waals surface area contributed by atoms with E-state index in [1.165, 1.54) is 31.4 Å². The average molecular weight is 344 g/mol. The molecule has 2 fully saturated rings. The maximum Gasteiger partial charge on any atom is 0.573 e. The van der Waals surface area contributed by atoms with E-state index in [1.54, 1.807) is 0 Å². The molecule has 0 spiro atoms. The zero-order chi connectivity index (χ0) is 17.2. The van der Waals surface area contributed by atoms with Crippen molar-refractivity contribution >= 4 is 0 Å². The fourth-order valence-electron chi connectivity index (χ4n) is 2.60. The van der Waals surface area contributed by atoms with Crippen LogP contribution < -0.4 is 9.47 Å². The molecule has 0 heterocycles. The minimum absolute atomic E-state index is 0.142. The Morgan fingerprint density at radius 3 is 2.46 bits per heavy atom. The summed E-state index contributed by atoms with van der Waals surface area (Å²) >= 11 is 0. The number of alkyl halides is 3. The standard InChI is InChI=1S/C18H20F4O2/c19-16-13(7-2-1-4-12-5-3-6-12)8-11-15(23-14-9-10-14)17(16)24-18(20,21)22/h1,4,8,11-12,14H,2-3,5-7,9-10H2/b4-1+. The highest BCUT2D eigenvalue weighted by Crippen LogP contribution is 2.39. The lowest BCUT2D eigenvalue weighted by Gasteiger charge is -2.21. The molecule has 132 valence electrons. The zero-order valence-corrected chi connectivity index (χ0v) is 13.2. The molecule has 0 radical (unpaired) electrons. The highest BCUT2D eigenvalue weighted by Gasteiger charge is 2.36. The van der Waals surface area contributed by atoms with Crippen molar-refractivity contribution < 1.29 is 27.0 Å². The molecule has 6 heteroatoms. The summed E-state index contributed by atoms with van der Waals surface area (Å²) < 4.78 is 61.4. The zero-order valence-electron chi connectivity index (χ0n) is 13.2. The van der Waals surface area contributed by atoms with E-state index in [2.05, 4.69) is 10.8 Å². The van der Waals surface area contributed by atoms with Gasteiger partial charge in [-0.05, 0) is 56.1 Å². The Balaban J connectivity index is 1.71. The number of halogens is 4. The second-order valence-corrected chi connectivity index (χ2v) is 6.39. The normalized spacial score (nSPS) is 18.7. The number of hydrogen-bond donors (Lipinski definition) is 0. The molecular formula is C18H20F4O2. The van der Waals surface area contributed by atoms with Crippen LogP contribution in [-0.2, 0) is 6.42 Å². The van der Waals surface area contributed by atoms with Gasteiger partial charge in [0.2, 0.25) is 5.75 Å². The van der Waals surface area contributed by atoms with Crippen molar-refractivity contribution in [1.29, 1.82) is 0 Å². The van der Waals surface area contributed by atoms with E-state index in [9.17, 15) is 17.6 Å². The Kier molecular flexibility index (Phi) is 5.01. The minimum atomic E-state index is -4.95. The van der Waals surface area contributed by atoms with E-state index >= 15 is 0 Å². The first-order valence-corrected chi connectivity index (χ1v) is 8.33. The molecular weight excluding hydrogens is 324 g/mol. The van der Waals surface area contributed by atoms with Crippen LogP contribution in [-0.4, -0.2) is 12.5 Å². The summed E-state index contributed by atoms with van der Waals surface area (Å²) in [6.45, 7) is 0. The minimum Gasteiger partial charge on any atom is -0.486 e. The van der Waals surface area contributed by atoms with Gasteiger partial charge in [-0.25, -0.2) is 4.39 Å². The maximum atomic E-state index is 14.5. The predicted molar refractivity (Wildman–Crippen MR) is 81.5 cm³/mol. The third kappa shape index (κ3) is 4.65. The molecule has 0 atom stereocenters. The third-order valence-electron chi connectivity index (χ3n) is 4.32.